The first-order valence-corrected chi connectivity index (χ1v) is 6.56. The molecule has 0 aliphatic rings. The highest BCUT2D eigenvalue weighted by Gasteiger charge is 2.10. The van der Waals surface area contributed by atoms with Crippen molar-refractivity contribution in [2.75, 3.05) is 11.9 Å². The number of carbonyl (C=O) groups excluding carboxylic acids is 1. The quantitative estimate of drug-likeness (QED) is 0.530. The van der Waals surface area contributed by atoms with Crippen LogP contribution in [-0.2, 0) is 9.53 Å². The molecule has 2 aromatic rings. The van der Waals surface area contributed by atoms with Gasteiger partial charge in [0.2, 0.25) is 0 Å². The molecule has 21 heavy (non-hydrogen) atoms. The van der Waals surface area contributed by atoms with E-state index in [1.807, 2.05) is 43.3 Å². The minimum atomic E-state index is -0.636. The molecule has 1 aromatic carbocycles. The first-order valence-electron chi connectivity index (χ1n) is 6.56. The van der Waals surface area contributed by atoms with Crippen LogP contribution in [0.1, 0.15) is 12.6 Å². The molecule has 1 aromatic heterocycles. The number of ether oxygens (including phenoxy) is 1. The Morgan fingerprint density at radius 1 is 1.48 bits per heavy atom. The molecule has 0 fully saturated rings. The summed E-state index contributed by atoms with van der Waals surface area (Å²) in [5.41, 5.74) is 2.41. The lowest BCUT2D eigenvalue weighted by Gasteiger charge is -2.08. The Balaban J connectivity index is 2.35. The van der Waals surface area contributed by atoms with E-state index in [2.05, 4.69) is 10.3 Å². The van der Waals surface area contributed by atoms with E-state index in [4.69, 9.17) is 10.00 Å². The second-order valence-corrected chi connectivity index (χ2v) is 4.36. The standard InChI is InChI=1S/C16H15N3O2/c1-3-21-16(20)12(9-17)10-18-15-8-11(2)19-14-7-5-4-6-13(14)15/h4-8,10H,3H2,1-2H3,(H,18,19)/b12-10-. The maximum Gasteiger partial charge on any atom is 0.350 e. The predicted octanol–water partition coefficient (Wildman–Crippen LogP) is 2.93. The van der Waals surface area contributed by atoms with E-state index in [1.54, 1.807) is 6.92 Å². The molecule has 0 unspecified atom stereocenters. The highest BCUT2D eigenvalue weighted by Crippen LogP contribution is 2.23. The van der Waals surface area contributed by atoms with Gasteiger partial charge in [-0.2, -0.15) is 5.26 Å². The molecule has 5 heteroatoms. The van der Waals surface area contributed by atoms with Crippen LogP contribution in [-0.4, -0.2) is 17.6 Å². The molecule has 0 aliphatic heterocycles. The molecule has 0 atom stereocenters. The third-order valence-electron chi connectivity index (χ3n) is 2.83. The van der Waals surface area contributed by atoms with Gasteiger partial charge in [-0.05, 0) is 26.0 Å². The number of para-hydroxylation sites is 1. The van der Waals surface area contributed by atoms with Crippen LogP contribution in [0.4, 0.5) is 5.69 Å². The van der Waals surface area contributed by atoms with Gasteiger partial charge >= 0.3 is 5.97 Å². The van der Waals surface area contributed by atoms with E-state index in [0.29, 0.717) is 0 Å². The zero-order chi connectivity index (χ0) is 15.2. The van der Waals surface area contributed by atoms with Crippen molar-refractivity contribution in [3.05, 3.63) is 47.8 Å². The van der Waals surface area contributed by atoms with Gasteiger partial charge in [0, 0.05) is 23.0 Å². The van der Waals surface area contributed by atoms with Crippen LogP contribution in [0.2, 0.25) is 0 Å². The van der Waals surface area contributed by atoms with Gasteiger partial charge < -0.3 is 10.1 Å². The second kappa shape index (κ2) is 6.53. The number of hydrogen-bond donors (Lipinski definition) is 1. The van der Waals surface area contributed by atoms with Crippen molar-refractivity contribution < 1.29 is 9.53 Å². The van der Waals surface area contributed by atoms with Crippen molar-refractivity contribution in [2.45, 2.75) is 13.8 Å². The largest absolute Gasteiger partial charge is 0.462 e. The van der Waals surface area contributed by atoms with Crippen LogP contribution < -0.4 is 5.32 Å². The van der Waals surface area contributed by atoms with Gasteiger partial charge in [-0.3, -0.25) is 4.98 Å². The molecule has 2 rings (SSSR count). The molecule has 0 saturated carbocycles. The van der Waals surface area contributed by atoms with Crippen molar-refractivity contribution in [3.63, 3.8) is 0 Å². The molecule has 0 spiro atoms. The number of nitrogens with one attached hydrogen (secondary N) is 1. The van der Waals surface area contributed by atoms with E-state index in [1.165, 1.54) is 6.20 Å². The summed E-state index contributed by atoms with van der Waals surface area (Å²) in [6.45, 7) is 3.81. The maximum atomic E-state index is 11.6. The van der Waals surface area contributed by atoms with E-state index >= 15 is 0 Å². The summed E-state index contributed by atoms with van der Waals surface area (Å²) < 4.78 is 4.81. The zero-order valence-corrected chi connectivity index (χ0v) is 11.9. The lowest BCUT2D eigenvalue weighted by Crippen LogP contribution is -2.08. The molecular weight excluding hydrogens is 266 g/mol. The van der Waals surface area contributed by atoms with Gasteiger partial charge in [-0.15, -0.1) is 0 Å². The number of aryl methyl sites for hydroxylation is 1. The Bertz CT molecular complexity index is 745. The number of nitrogens with zero attached hydrogens (tertiary/aromatic N) is 2. The average molecular weight is 281 g/mol. The minimum absolute atomic E-state index is 0.0737. The smallest absolute Gasteiger partial charge is 0.350 e. The maximum absolute atomic E-state index is 11.6. The van der Waals surface area contributed by atoms with Gasteiger partial charge in [0.05, 0.1) is 12.1 Å². The number of pyridine rings is 1. The summed E-state index contributed by atoms with van der Waals surface area (Å²) in [4.78, 5) is 16.0. The van der Waals surface area contributed by atoms with Gasteiger partial charge in [-0.1, -0.05) is 18.2 Å². The fraction of sp³-hybridized carbons (Fsp3) is 0.188. The summed E-state index contributed by atoms with van der Waals surface area (Å²) in [5, 5.41) is 12.9. The second-order valence-electron chi connectivity index (χ2n) is 4.36. The molecule has 0 amide bonds. The molecule has 106 valence electrons. The van der Waals surface area contributed by atoms with Crippen molar-refractivity contribution in [1.82, 2.24) is 4.98 Å². The Morgan fingerprint density at radius 3 is 2.95 bits per heavy atom. The molecule has 0 radical (unpaired) electrons. The van der Waals surface area contributed by atoms with E-state index in [9.17, 15) is 4.79 Å². The van der Waals surface area contributed by atoms with Gasteiger partial charge in [-0.25, -0.2) is 4.79 Å². The summed E-state index contributed by atoms with van der Waals surface area (Å²) in [6.07, 6.45) is 1.36. The summed E-state index contributed by atoms with van der Waals surface area (Å²) in [6, 6.07) is 11.3. The summed E-state index contributed by atoms with van der Waals surface area (Å²) in [7, 11) is 0. The lowest BCUT2D eigenvalue weighted by molar-refractivity contribution is -0.138. The average Bonchev–Trinajstić information content (AvgIpc) is 2.47. The first kappa shape index (κ1) is 14.5. The Labute approximate surface area is 122 Å². The summed E-state index contributed by atoms with van der Waals surface area (Å²) >= 11 is 0. The Morgan fingerprint density at radius 2 is 2.24 bits per heavy atom. The minimum Gasteiger partial charge on any atom is -0.462 e. The van der Waals surface area contributed by atoms with Crippen molar-refractivity contribution in [1.29, 1.82) is 5.26 Å². The Hall–Kier alpha value is -2.87. The number of rotatable bonds is 4. The van der Waals surface area contributed by atoms with Crippen LogP contribution in [0, 0.1) is 18.3 Å². The number of fused-ring (bicyclic) bond motifs is 1. The van der Waals surface area contributed by atoms with Crippen LogP contribution in [0.25, 0.3) is 10.9 Å². The predicted molar refractivity (Wildman–Crippen MR) is 80.4 cm³/mol. The van der Waals surface area contributed by atoms with Gasteiger partial charge in [0.1, 0.15) is 6.07 Å². The first-order chi connectivity index (χ1) is 10.2. The SMILES string of the molecule is CCOC(=O)/C(C#N)=C\Nc1cc(C)nc2ccccc12. The van der Waals surface area contributed by atoms with Crippen LogP contribution >= 0.6 is 0 Å². The van der Waals surface area contributed by atoms with Crippen molar-refractivity contribution in [3.8, 4) is 6.07 Å². The third-order valence-corrected chi connectivity index (χ3v) is 2.83. The topological polar surface area (TPSA) is 75.0 Å². The fourth-order valence-corrected chi connectivity index (χ4v) is 1.92. The van der Waals surface area contributed by atoms with Crippen molar-refractivity contribution >= 4 is 22.6 Å². The molecular formula is C16H15N3O2. The summed E-state index contributed by atoms with van der Waals surface area (Å²) in [5.74, 6) is -0.636. The Kier molecular flexibility index (Phi) is 4.52. The highest BCUT2D eigenvalue weighted by molar-refractivity contribution is 5.95. The van der Waals surface area contributed by atoms with E-state index in [-0.39, 0.29) is 12.2 Å². The normalized spacial score (nSPS) is 11.0. The number of nitriles is 1. The van der Waals surface area contributed by atoms with Gasteiger partial charge in [0.25, 0.3) is 0 Å². The highest BCUT2D eigenvalue weighted by atomic mass is 16.5. The number of carbonyl (C=O) groups is 1. The molecule has 0 saturated heterocycles. The number of aromatic nitrogens is 1. The number of benzene rings is 1. The molecule has 1 heterocycles. The molecule has 0 bridgehead atoms. The van der Waals surface area contributed by atoms with Gasteiger partial charge in [0.15, 0.2) is 5.57 Å². The van der Waals surface area contributed by atoms with E-state index in [0.717, 1.165) is 22.3 Å². The number of anilines is 1. The molecule has 0 aliphatic carbocycles. The monoisotopic (exact) mass is 281 g/mol. The number of hydrogen-bond acceptors (Lipinski definition) is 5. The van der Waals surface area contributed by atoms with E-state index < -0.39 is 5.97 Å². The zero-order valence-electron chi connectivity index (χ0n) is 11.9. The molecule has 5 nitrogen and oxygen atoms in total. The third kappa shape index (κ3) is 3.37. The lowest BCUT2D eigenvalue weighted by atomic mass is 10.1. The van der Waals surface area contributed by atoms with Crippen LogP contribution in [0.3, 0.4) is 0 Å². The number of esters is 1. The van der Waals surface area contributed by atoms with Crippen LogP contribution in [0.5, 0.6) is 0 Å². The van der Waals surface area contributed by atoms with Crippen molar-refractivity contribution in [2.24, 2.45) is 0 Å². The van der Waals surface area contributed by atoms with Crippen LogP contribution in [0.15, 0.2) is 42.1 Å². The molecule has 1 N–H and O–H groups in total. The fourth-order valence-electron chi connectivity index (χ4n) is 1.92.